The van der Waals surface area contributed by atoms with E-state index < -0.39 is 5.97 Å². The molecule has 0 saturated heterocycles. The van der Waals surface area contributed by atoms with Crippen molar-refractivity contribution in [2.75, 3.05) is 30.5 Å². The van der Waals surface area contributed by atoms with Gasteiger partial charge in [0, 0.05) is 5.69 Å². The van der Waals surface area contributed by atoms with Crippen LogP contribution in [0.25, 0.3) is 0 Å². The molecule has 0 aliphatic carbocycles. The average Bonchev–Trinajstić information content (AvgIpc) is 2.85. The number of para-hydroxylation sites is 1. The summed E-state index contributed by atoms with van der Waals surface area (Å²) in [4.78, 5) is 38.4. The lowest BCUT2D eigenvalue weighted by Crippen LogP contribution is -2.38. The fraction of sp³-hybridized carbons (Fsp3) is 0.160. The number of esters is 1. The van der Waals surface area contributed by atoms with Gasteiger partial charge in [-0.25, -0.2) is 4.79 Å². The maximum Gasteiger partial charge on any atom is 0.337 e. The summed E-state index contributed by atoms with van der Waals surface area (Å²) in [6, 6.07) is 21.0. The Bertz CT molecular complexity index is 1180. The topological polar surface area (TPSA) is 94.2 Å². The van der Waals surface area contributed by atoms with E-state index in [9.17, 15) is 14.4 Å². The van der Waals surface area contributed by atoms with Crippen molar-refractivity contribution in [2.45, 2.75) is 6.54 Å². The van der Waals surface area contributed by atoms with E-state index in [0.29, 0.717) is 28.4 Å². The molecule has 8 nitrogen and oxygen atoms in total. The van der Waals surface area contributed by atoms with Gasteiger partial charge in [0.2, 0.25) is 0 Å². The van der Waals surface area contributed by atoms with Crippen molar-refractivity contribution in [2.24, 2.45) is 0 Å². The van der Waals surface area contributed by atoms with Crippen LogP contribution in [0.5, 0.6) is 11.5 Å². The van der Waals surface area contributed by atoms with Crippen molar-refractivity contribution in [3.63, 3.8) is 0 Å². The highest BCUT2D eigenvalue weighted by atomic mass is 16.5. The number of ether oxygens (including phenoxy) is 3. The Morgan fingerprint density at radius 1 is 1.03 bits per heavy atom. The van der Waals surface area contributed by atoms with Crippen molar-refractivity contribution >= 4 is 29.2 Å². The van der Waals surface area contributed by atoms with Crippen LogP contribution in [-0.2, 0) is 20.9 Å². The van der Waals surface area contributed by atoms with Crippen LogP contribution in [0, 0.1) is 0 Å². The van der Waals surface area contributed by atoms with Gasteiger partial charge in [-0.05, 0) is 48.0 Å². The number of hydrogen-bond acceptors (Lipinski definition) is 6. The molecular formula is C25H22N2O6. The zero-order valence-electron chi connectivity index (χ0n) is 17.9. The van der Waals surface area contributed by atoms with E-state index in [1.165, 1.54) is 7.11 Å². The standard InChI is InChI=1S/C25H22N2O6/c1-31-25(30)18-7-5-6-17(12-18)14-27-21-13-19(10-11-22(21)33-16-24(27)29)26-23(28)15-32-20-8-3-2-4-9-20/h2-13H,14-16H2,1H3,(H,26,28). The number of anilines is 2. The molecule has 0 radical (unpaired) electrons. The lowest BCUT2D eigenvalue weighted by molar-refractivity contribution is -0.121. The number of carbonyl (C=O) groups is 3. The second kappa shape index (κ2) is 9.86. The fourth-order valence-electron chi connectivity index (χ4n) is 3.41. The smallest absolute Gasteiger partial charge is 0.337 e. The van der Waals surface area contributed by atoms with Crippen molar-refractivity contribution in [1.82, 2.24) is 0 Å². The Balaban J connectivity index is 1.49. The molecular weight excluding hydrogens is 424 g/mol. The van der Waals surface area contributed by atoms with Gasteiger partial charge in [-0.2, -0.15) is 0 Å². The molecule has 2 amide bonds. The first-order valence-electron chi connectivity index (χ1n) is 10.3. The van der Waals surface area contributed by atoms with E-state index in [-0.39, 0.29) is 31.6 Å². The minimum Gasteiger partial charge on any atom is -0.484 e. The van der Waals surface area contributed by atoms with Gasteiger partial charge in [-0.15, -0.1) is 0 Å². The Hall–Kier alpha value is -4.33. The van der Waals surface area contributed by atoms with Crippen LogP contribution in [0.1, 0.15) is 15.9 Å². The van der Waals surface area contributed by atoms with Gasteiger partial charge in [-0.3, -0.25) is 9.59 Å². The van der Waals surface area contributed by atoms with Crippen LogP contribution in [0.15, 0.2) is 72.8 Å². The van der Waals surface area contributed by atoms with Gasteiger partial charge in [0.1, 0.15) is 11.5 Å². The molecule has 0 fully saturated rings. The summed E-state index contributed by atoms with van der Waals surface area (Å²) in [6.07, 6.45) is 0. The molecule has 0 atom stereocenters. The summed E-state index contributed by atoms with van der Waals surface area (Å²) in [7, 11) is 1.32. The molecule has 8 heteroatoms. The van der Waals surface area contributed by atoms with Crippen molar-refractivity contribution in [1.29, 1.82) is 0 Å². The SMILES string of the molecule is COC(=O)c1cccc(CN2C(=O)COc3ccc(NC(=O)COc4ccccc4)cc32)c1. The zero-order chi connectivity index (χ0) is 23.2. The maximum absolute atomic E-state index is 12.6. The molecule has 1 N–H and O–H groups in total. The molecule has 0 bridgehead atoms. The van der Waals surface area contributed by atoms with Gasteiger partial charge in [0.25, 0.3) is 11.8 Å². The molecule has 3 aromatic carbocycles. The summed E-state index contributed by atoms with van der Waals surface area (Å²) in [5.74, 6) is 0.101. The first kappa shape index (κ1) is 21.9. The Kier molecular flexibility index (Phi) is 6.54. The van der Waals surface area contributed by atoms with E-state index in [2.05, 4.69) is 5.32 Å². The normalized spacial score (nSPS) is 12.4. The number of methoxy groups -OCH3 is 1. The van der Waals surface area contributed by atoms with Crippen LogP contribution in [-0.4, -0.2) is 38.1 Å². The number of hydrogen-bond donors (Lipinski definition) is 1. The predicted molar refractivity (Wildman–Crippen MR) is 121 cm³/mol. The Morgan fingerprint density at radius 3 is 2.64 bits per heavy atom. The largest absolute Gasteiger partial charge is 0.484 e. The van der Waals surface area contributed by atoms with Crippen molar-refractivity contribution in [3.8, 4) is 11.5 Å². The first-order chi connectivity index (χ1) is 16.0. The highest BCUT2D eigenvalue weighted by molar-refractivity contribution is 5.99. The van der Waals surface area contributed by atoms with Gasteiger partial charge >= 0.3 is 5.97 Å². The zero-order valence-corrected chi connectivity index (χ0v) is 17.9. The van der Waals surface area contributed by atoms with E-state index in [1.807, 2.05) is 24.3 Å². The monoisotopic (exact) mass is 446 g/mol. The van der Waals surface area contributed by atoms with Gasteiger partial charge in [0.05, 0.1) is 24.9 Å². The average molecular weight is 446 g/mol. The maximum atomic E-state index is 12.6. The van der Waals surface area contributed by atoms with Gasteiger partial charge in [0.15, 0.2) is 13.2 Å². The molecule has 0 aromatic heterocycles. The molecule has 168 valence electrons. The molecule has 0 unspecified atom stereocenters. The molecule has 33 heavy (non-hydrogen) atoms. The number of fused-ring (bicyclic) bond motifs is 1. The number of benzene rings is 3. The molecule has 4 rings (SSSR count). The van der Waals surface area contributed by atoms with Crippen LogP contribution in [0.2, 0.25) is 0 Å². The van der Waals surface area contributed by atoms with Gasteiger partial charge < -0.3 is 24.4 Å². The third kappa shape index (κ3) is 5.30. The third-order valence-electron chi connectivity index (χ3n) is 4.99. The third-order valence-corrected chi connectivity index (χ3v) is 4.99. The minimum atomic E-state index is -0.451. The lowest BCUT2D eigenvalue weighted by atomic mass is 10.1. The van der Waals surface area contributed by atoms with E-state index in [0.717, 1.165) is 5.56 Å². The number of nitrogens with one attached hydrogen (secondary N) is 1. The summed E-state index contributed by atoms with van der Waals surface area (Å²) < 4.78 is 15.8. The summed E-state index contributed by atoms with van der Waals surface area (Å²) in [6.45, 7) is -0.0184. The predicted octanol–water partition coefficient (Wildman–Crippen LogP) is 3.42. The second-order valence-corrected chi connectivity index (χ2v) is 7.29. The Labute approximate surface area is 190 Å². The van der Waals surface area contributed by atoms with Crippen LogP contribution in [0.4, 0.5) is 11.4 Å². The van der Waals surface area contributed by atoms with Crippen molar-refractivity contribution < 1.29 is 28.6 Å². The highest BCUT2D eigenvalue weighted by Crippen LogP contribution is 2.35. The van der Waals surface area contributed by atoms with Crippen molar-refractivity contribution in [3.05, 3.63) is 83.9 Å². The quantitative estimate of drug-likeness (QED) is 0.559. The summed E-state index contributed by atoms with van der Waals surface area (Å²) in [5.41, 5.74) is 2.18. The van der Waals surface area contributed by atoms with Crippen LogP contribution < -0.4 is 19.7 Å². The molecule has 0 spiro atoms. The first-order valence-corrected chi connectivity index (χ1v) is 10.3. The van der Waals surface area contributed by atoms with E-state index >= 15 is 0 Å². The molecule has 1 aliphatic rings. The summed E-state index contributed by atoms with van der Waals surface area (Å²) in [5, 5.41) is 2.77. The minimum absolute atomic E-state index is 0.0969. The molecule has 3 aromatic rings. The van der Waals surface area contributed by atoms with E-state index in [4.69, 9.17) is 14.2 Å². The molecule has 1 heterocycles. The van der Waals surface area contributed by atoms with Gasteiger partial charge in [-0.1, -0.05) is 30.3 Å². The fourth-order valence-corrected chi connectivity index (χ4v) is 3.41. The number of rotatable bonds is 7. The second-order valence-electron chi connectivity index (χ2n) is 7.29. The van der Waals surface area contributed by atoms with Crippen LogP contribution >= 0.6 is 0 Å². The highest BCUT2D eigenvalue weighted by Gasteiger charge is 2.26. The number of nitrogens with zero attached hydrogens (tertiary/aromatic N) is 1. The number of amides is 2. The number of carbonyl (C=O) groups excluding carboxylic acids is 3. The van der Waals surface area contributed by atoms with Crippen LogP contribution in [0.3, 0.4) is 0 Å². The van der Waals surface area contributed by atoms with E-state index in [1.54, 1.807) is 53.4 Å². The summed E-state index contributed by atoms with van der Waals surface area (Å²) >= 11 is 0. The molecule has 0 saturated carbocycles. The molecule has 1 aliphatic heterocycles. The Morgan fingerprint density at radius 2 is 1.85 bits per heavy atom. The lowest BCUT2D eigenvalue weighted by Gasteiger charge is -2.30.